The summed E-state index contributed by atoms with van der Waals surface area (Å²) in [7, 11) is 0. The lowest BCUT2D eigenvalue weighted by atomic mass is 10.1. The van der Waals surface area contributed by atoms with Crippen LogP contribution in [-0.4, -0.2) is 17.5 Å². The third kappa shape index (κ3) is 4.09. The molecule has 1 aromatic heterocycles. The van der Waals surface area contributed by atoms with E-state index in [1.54, 1.807) is 12.3 Å². The van der Waals surface area contributed by atoms with E-state index in [0.717, 1.165) is 22.7 Å². The zero-order chi connectivity index (χ0) is 14.4. The van der Waals surface area contributed by atoms with Gasteiger partial charge in [0.25, 0.3) is 0 Å². The molecule has 0 saturated carbocycles. The molecule has 1 aromatic carbocycles. The minimum Gasteiger partial charge on any atom is -0.494 e. The average Bonchev–Trinajstić information content (AvgIpc) is 2.41. The smallest absolute Gasteiger partial charge is 0.228 e. The molecule has 0 bridgehead atoms. The first-order valence-corrected chi connectivity index (χ1v) is 6.61. The van der Waals surface area contributed by atoms with Gasteiger partial charge < -0.3 is 10.1 Å². The monoisotopic (exact) mass is 270 g/mol. The third-order valence-corrected chi connectivity index (χ3v) is 2.78. The van der Waals surface area contributed by atoms with E-state index in [4.69, 9.17) is 4.74 Å². The lowest BCUT2D eigenvalue weighted by Gasteiger charge is -2.07. The Morgan fingerprint density at radius 1 is 1.25 bits per heavy atom. The molecule has 0 atom stereocenters. The number of carbonyl (C=O) groups excluding carboxylic acids is 1. The first-order chi connectivity index (χ1) is 9.67. The number of carbonyl (C=O) groups is 1. The number of amides is 1. The van der Waals surface area contributed by atoms with Crippen molar-refractivity contribution in [3.63, 3.8) is 0 Å². The predicted octanol–water partition coefficient (Wildman–Crippen LogP) is 2.97. The number of benzene rings is 1. The molecule has 1 heterocycles. The largest absolute Gasteiger partial charge is 0.494 e. The van der Waals surface area contributed by atoms with E-state index in [0.29, 0.717) is 13.0 Å². The van der Waals surface area contributed by atoms with E-state index in [1.165, 1.54) is 0 Å². The highest BCUT2D eigenvalue weighted by Gasteiger charge is 2.04. The number of rotatable bonds is 5. The summed E-state index contributed by atoms with van der Waals surface area (Å²) in [4.78, 5) is 16.0. The van der Waals surface area contributed by atoms with Crippen LogP contribution in [0.1, 0.15) is 18.2 Å². The predicted molar refractivity (Wildman–Crippen MR) is 78.9 cm³/mol. The number of nitrogens with one attached hydrogen (secondary N) is 1. The summed E-state index contributed by atoms with van der Waals surface area (Å²) >= 11 is 0. The van der Waals surface area contributed by atoms with Crippen molar-refractivity contribution in [3.05, 3.63) is 53.9 Å². The fourth-order valence-corrected chi connectivity index (χ4v) is 1.88. The summed E-state index contributed by atoms with van der Waals surface area (Å²) in [6.07, 6.45) is 2.02. The standard InChI is InChI=1S/C16H18N2O2/c1-3-20-15-6-4-13(5-7-15)11-16(19)18-14-8-9-17-12(2)10-14/h4-10H,3,11H2,1-2H3,(H,17,18,19). The van der Waals surface area contributed by atoms with Crippen molar-refractivity contribution in [2.24, 2.45) is 0 Å². The maximum absolute atomic E-state index is 11.9. The number of ether oxygens (including phenoxy) is 1. The number of aryl methyl sites for hydroxylation is 1. The molecule has 0 unspecified atom stereocenters. The second kappa shape index (κ2) is 6.70. The third-order valence-electron chi connectivity index (χ3n) is 2.78. The van der Waals surface area contributed by atoms with Crippen LogP contribution < -0.4 is 10.1 Å². The lowest BCUT2D eigenvalue weighted by Crippen LogP contribution is -2.14. The first kappa shape index (κ1) is 14.1. The molecule has 20 heavy (non-hydrogen) atoms. The van der Waals surface area contributed by atoms with Crippen LogP contribution in [0.2, 0.25) is 0 Å². The Morgan fingerprint density at radius 2 is 2.00 bits per heavy atom. The molecule has 4 heteroatoms. The molecular weight excluding hydrogens is 252 g/mol. The maximum atomic E-state index is 11.9. The van der Waals surface area contributed by atoms with E-state index in [-0.39, 0.29) is 5.91 Å². The average molecular weight is 270 g/mol. The van der Waals surface area contributed by atoms with Gasteiger partial charge in [0.2, 0.25) is 5.91 Å². The van der Waals surface area contributed by atoms with E-state index in [1.807, 2.05) is 44.2 Å². The van der Waals surface area contributed by atoms with Gasteiger partial charge in [-0.25, -0.2) is 0 Å². The number of hydrogen-bond acceptors (Lipinski definition) is 3. The summed E-state index contributed by atoms with van der Waals surface area (Å²) in [5.41, 5.74) is 2.61. The fourth-order valence-electron chi connectivity index (χ4n) is 1.88. The van der Waals surface area contributed by atoms with E-state index < -0.39 is 0 Å². The Labute approximate surface area is 118 Å². The minimum absolute atomic E-state index is 0.0419. The Balaban J connectivity index is 1.94. The summed E-state index contributed by atoms with van der Waals surface area (Å²) in [5, 5.41) is 2.86. The molecule has 0 radical (unpaired) electrons. The van der Waals surface area contributed by atoms with Crippen molar-refractivity contribution in [1.82, 2.24) is 4.98 Å². The Morgan fingerprint density at radius 3 is 2.65 bits per heavy atom. The van der Waals surface area contributed by atoms with Gasteiger partial charge in [-0.15, -0.1) is 0 Å². The molecule has 0 aliphatic carbocycles. The Hall–Kier alpha value is -2.36. The highest BCUT2D eigenvalue weighted by atomic mass is 16.5. The quantitative estimate of drug-likeness (QED) is 0.908. The molecule has 0 aliphatic rings. The zero-order valence-electron chi connectivity index (χ0n) is 11.7. The van der Waals surface area contributed by atoms with E-state index >= 15 is 0 Å². The van der Waals surface area contributed by atoms with Crippen LogP contribution in [0.25, 0.3) is 0 Å². The molecule has 1 amide bonds. The fraction of sp³-hybridized carbons (Fsp3) is 0.250. The molecule has 0 aliphatic heterocycles. The van der Waals surface area contributed by atoms with Crippen molar-refractivity contribution in [2.75, 3.05) is 11.9 Å². The van der Waals surface area contributed by atoms with Crippen LogP contribution in [0.5, 0.6) is 5.75 Å². The molecule has 104 valence electrons. The molecular formula is C16H18N2O2. The summed E-state index contributed by atoms with van der Waals surface area (Å²) in [6.45, 7) is 4.47. The number of nitrogens with zero attached hydrogens (tertiary/aromatic N) is 1. The first-order valence-electron chi connectivity index (χ1n) is 6.61. The second-order valence-electron chi connectivity index (χ2n) is 4.49. The molecule has 2 rings (SSSR count). The Kier molecular flexibility index (Phi) is 4.71. The van der Waals surface area contributed by atoms with Gasteiger partial charge in [0.1, 0.15) is 5.75 Å². The van der Waals surface area contributed by atoms with Crippen molar-refractivity contribution in [2.45, 2.75) is 20.3 Å². The van der Waals surface area contributed by atoms with Gasteiger partial charge in [-0.05, 0) is 43.7 Å². The number of anilines is 1. The van der Waals surface area contributed by atoms with Crippen LogP contribution >= 0.6 is 0 Å². The SMILES string of the molecule is CCOc1ccc(CC(=O)Nc2ccnc(C)c2)cc1. The molecule has 0 spiro atoms. The van der Waals surface area contributed by atoms with Crippen LogP contribution in [0.15, 0.2) is 42.6 Å². The van der Waals surface area contributed by atoms with E-state index in [9.17, 15) is 4.79 Å². The molecule has 1 N–H and O–H groups in total. The van der Waals surface area contributed by atoms with Gasteiger partial charge in [0.05, 0.1) is 13.0 Å². The number of pyridine rings is 1. The van der Waals surface area contributed by atoms with Crippen molar-refractivity contribution in [1.29, 1.82) is 0 Å². The Bertz CT molecular complexity index is 579. The molecule has 0 fully saturated rings. The molecule has 2 aromatic rings. The van der Waals surface area contributed by atoms with Crippen LogP contribution in [0, 0.1) is 6.92 Å². The second-order valence-corrected chi connectivity index (χ2v) is 4.49. The molecule has 0 saturated heterocycles. The highest BCUT2D eigenvalue weighted by Crippen LogP contribution is 2.13. The summed E-state index contributed by atoms with van der Waals surface area (Å²) in [6, 6.07) is 11.2. The minimum atomic E-state index is -0.0419. The van der Waals surface area contributed by atoms with Crippen molar-refractivity contribution >= 4 is 11.6 Å². The van der Waals surface area contributed by atoms with Gasteiger partial charge in [0.15, 0.2) is 0 Å². The maximum Gasteiger partial charge on any atom is 0.228 e. The summed E-state index contributed by atoms with van der Waals surface area (Å²) in [5.74, 6) is 0.779. The van der Waals surface area contributed by atoms with E-state index in [2.05, 4.69) is 10.3 Å². The van der Waals surface area contributed by atoms with Gasteiger partial charge in [-0.3, -0.25) is 9.78 Å². The number of hydrogen-bond donors (Lipinski definition) is 1. The van der Waals surface area contributed by atoms with Crippen LogP contribution in [0.4, 0.5) is 5.69 Å². The van der Waals surface area contributed by atoms with Crippen molar-refractivity contribution in [3.8, 4) is 5.75 Å². The lowest BCUT2D eigenvalue weighted by molar-refractivity contribution is -0.115. The number of aromatic nitrogens is 1. The van der Waals surface area contributed by atoms with Crippen LogP contribution in [-0.2, 0) is 11.2 Å². The topological polar surface area (TPSA) is 51.2 Å². The normalized spacial score (nSPS) is 10.1. The summed E-state index contributed by atoms with van der Waals surface area (Å²) < 4.78 is 5.37. The molecule has 4 nitrogen and oxygen atoms in total. The van der Waals surface area contributed by atoms with Crippen molar-refractivity contribution < 1.29 is 9.53 Å². The van der Waals surface area contributed by atoms with Gasteiger partial charge in [-0.1, -0.05) is 12.1 Å². The zero-order valence-corrected chi connectivity index (χ0v) is 11.7. The van der Waals surface area contributed by atoms with Gasteiger partial charge >= 0.3 is 0 Å². The highest BCUT2D eigenvalue weighted by molar-refractivity contribution is 5.92. The van der Waals surface area contributed by atoms with Gasteiger partial charge in [0, 0.05) is 17.6 Å². The van der Waals surface area contributed by atoms with Gasteiger partial charge in [-0.2, -0.15) is 0 Å². The van der Waals surface area contributed by atoms with Crippen LogP contribution in [0.3, 0.4) is 0 Å².